The van der Waals surface area contributed by atoms with Crippen molar-refractivity contribution in [3.63, 3.8) is 0 Å². The molecule has 0 aliphatic heterocycles. The van der Waals surface area contributed by atoms with Gasteiger partial charge in [-0.05, 0) is 25.0 Å². The summed E-state index contributed by atoms with van der Waals surface area (Å²) in [6, 6.07) is 3.36. The highest BCUT2D eigenvalue weighted by atomic mass is 16.5. The van der Waals surface area contributed by atoms with Gasteiger partial charge in [0.2, 0.25) is 5.91 Å². The van der Waals surface area contributed by atoms with Gasteiger partial charge in [0, 0.05) is 12.8 Å². The Bertz CT molecular complexity index is 432. The van der Waals surface area contributed by atoms with E-state index in [4.69, 9.17) is 5.73 Å². The molecule has 6 nitrogen and oxygen atoms in total. The van der Waals surface area contributed by atoms with Gasteiger partial charge in [-0.2, -0.15) is 0 Å². The molecule has 110 valence electrons. The van der Waals surface area contributed by atoms with Gasteiger partial charge in [-0.15, -0.1) is 0 Å². The third kappa shape index (κ3) is 6.72. The molecule has 0 aliphatic carbocycles. The number of methoxy groups -OCH3 is 1. The Morgan fingerprint density at radius 3 is 2.50 bits per heavy atom. The summed E-state index contributed by atoms with van der Waals surface area (Å²) < 4.78 is 4.55. The molecule has 0 saturated heterocycles. The molecule has 0 bridgehead atoms. The van der Waals surface area contributed by atoms with Crippen LogP contribution < -0.4 is 11.1 Å². The summed E-state index contributed by atoms with van der Waals surface area (Å²) in [7, 11) is 1.39. The molecule has 20 heavy (non-hydrogen) atoms. The molecule has 6 heteroatoms. The van der Waals surface area contributed by atoms with Crippen molar-refractivity contribution in [2.24, 2.45) is 0 Å². The van der Waals surface area contributed by atoms with Crippen molar-refractivity contribution in [2.75, 3.05) is 18.2 Å². The van der Waals surface area contributed by atoms with Gasteiger partial charge in [0.1, 0.15) is 5.82 Å². The van der Waals surface area contributed by atoms with Gasteiger partial charge in [0.25, 0.3) is 0 Å². The molecule has 0 radical (unpaired) electrons. The fraction of sp³-hybridized carbons (Fsp3) is 0.500. The third-order valence-corrected chi connectivity index (χ3v) is 2.83. The Labute approximate surface area is 118 Å². The summed E-state index contributed by atoms with van der Waals surface area (Å²) in [6.45, 7) is 0. The summed E-state index contributed by atoms with van der Waals surface area (Å²) in [4.78, 5) is 26.4. The van der Waals surface area contributed by atoms with Crippen molar-refractivity contribution in [3.05, 3.63) is 18.3 Å². The van der Waals surface area contributed by atoms with E-state index in [0.717, 1.165) is 25.7 Å². The van der Waals surface area contributed by atoms with E-state index in [0.29, 0.717) is 24.3 Å². The number of pyridine rings is 1. The summed E-state index contributed by atoms with van der Waals surface area (Å²) in [5.41, 5.74) is 6.11. The lowest BCUT2D eigenvalue weighted by atomic mass is 10.1. The van der Waals surface area contributed by atoms with E-state index in [1.807, 2.05) is 0 Å². The minimum Gasteiger partial charge on any atom is -0.469 e. The summed E-state index contributed by atoms with van der Waals surface area (Å²) in [5.74, 6) is 0.205. The normalized spacial score (nSPS) is 10.1. The number of carbonyl (C=O) groups excluding carboxylic acids is 2. The quantitative estimate of drug-likeness (QED) is 0.561. The van der Waals surface area contributed by atoms with E-state index in [9.17, 15) is 9.59 Å². The Morgan fingerprint density at radius 1 is 1.20 bits per heavy atom. The lowest BCUT2D eigenvalue weighted by Gasteiger charge is -2.05. The second-order valence-electron chi connectivity index (χ2n) is 4.51. The minimum atomic E-state index is -0.182. The maximum absolute atomic E-state index is 11.6. The number of hydrogen-bond acceptors (Lipinski definition) is 5. The predicted molar refractivity (Wildman–Crippen MR) is 77.0 cm³/mol. The zero-order valence-electron chi connectivity index (χ0n) is 11.7. The van der Waals surface area contributed by atoms with Crippen molar-refractivity contribution in [1.82, 2.24) is 4.98 Å². The van der Waals surface area contributed by atoms with Crippen LogP contribution in [0.25, 0.3) is 0 Å². The van der Waals surface area contributed by atoms with Crippen molar-refractivity contribution < 1.29 is 14.3 Å². The van der Waals surface area contributed by atoms with E-state index >= 15 is 0 Å². The summed E-state index contributed by atoms with van der Waals surface area (Å²) in [5, 5.41) is 2.76. The van der Waals surface area contributed by atoms with Crippen molar-refractivity contribution in [2.45, 2.75) is 38.5 Å². The number of nitrogens with one attached hydrogen (secondary N) is 1. The molecule has 0 aliphatic rings. The number of carbonyl (C=O) groups is 2. The van der Waals surface area contributed by atoms with Crippen LogP contribution in [0.15, 0.2) is 18.3 Å². The third-order valence-electron chi connectivity index (χ3n) is 2.83. The first kappa shape index (κ1) is 15.9. The largest absolute Gasteiger partial charge is 0.469 e. The Balaban J connectivity index is 2.08. The number of amides is 1. The number of ether oxygens (including phenoxy) is 1. The van der Waals surface area contributed by atoms with E-state index < -0.39 is 0 Å². The van der Waals surface area contributed by atoms with Crippen LogP contribution in [0.1, 0.15) is 38.5 Å². The summed E-state index contributed by atoms with van der Waals surface area (Å²) in [6.07, 6.45) is 5.88. The van der Waals surface area contributed by atoms with Gasteiger partial charge < -0.3 is 15.8 Å². The number of nitrogens with zero attached hydrogens (tertiary/aromatic N) is 1. The van der Waals surface area contributed by atoms with Gasteiger partial charge in [-0.25, -0.2) is 4.98 Å². The van der Waals surface area contributed by atoms with Gasteiger partial charge in [-0.3, -0.25) is 9.59 Å². The molecular weight excluding hydrogens is 258 g/mol. The monoisotopic (exact) mass is 279 g/mol. The minimum absolute atomic E-state index is 0.0375. The van der Waals surface area contributed by atoms with Crippen LogP contribution in [-0.4, -0.2) is 24.0 Å². The lowest BCUT2D eigenvalue weighted by Crippen LogP contribution is -2.11. The Hall–Kier alpha value is -2.11. The number of anilines is 2. The van der Waals surface area contributed by atoms with Crippen molar-refractivity contribution in [3.8, 4) is 0 Å². The molecule has 3 N–H and O–H groups in total. The standard InChI is InChI=1S/C14H21N3O3/c1-20-14(19)7-5-3-2-4-6-13(18)17-11-8-9-12(15)16-10-11/h8-10H,2-7H2,1H3,(H2,15,16)(H,17,18). The highest BCUT2D eigenvalue weighted by Crippen LogP contribution is 2.10. The average molecular weight is 279 g/mol. The number of aromatic nitrogens is 1. The van der Waals surface area contributed by atoms with Gasteiger partial charge in [0.05, 0.1) is 19.0 Å². The van der Waals surface area contributed by atoms with E-state index in [1.54, 1.807) is 12.1 Å². The number of nitrogen functional groups attached to an aromatic ring is 1. The first-order chi connectivity index (χ1) is 9.61. The van der Waals surface area contributed by atoms with Gasteiger partial charge >= 0.3 is 5.97 Å². The molecule has 0 atom stereocenters. The molecule has 0 spiro atoms. The zero-order valence-corrected chi connectivity index (χ0v) is 11.7. The maximum Gasteiger partial charge on any atom is 0.305 e. The number of esters is 1. The van der Waals surface area contributed by atoms with Crippen molar-refractivity contribution >= 4 is 23.4 Å². The fourth-order valence-electron chi connectivity index (χ4n) is 1.71. The molecule has 1 aromatic rings. The Morgan fingerprint density at radius 2 is 1.90 bits per heavy atom. The maximum atomic E-state index is 11.6. The highest BCUT2D eigenvalue weighted by molar-refractivity contribution is 5.90. The van der Waals surface area contributed by atoms with Crippen LogP contribution >= 0.6 is 0 Å². The molecule has 0 fully saturated rings. The topological polar surface area (TPSA) is 94.3 Å². The van der Waals surface area contributed by atoms with Crippen molar-refractivity contribution in [1.29, 1.82) is 0 Å². The number of unbranched alkanes of at least 4 members (excludes halogenated alkanes) is 3. The molecule has 0 aromatic carbocycles. The second-order valence-corrected chi connectivity index (χ2v) is 4.51. The number of hydrogen-bond donors (Lipinski definition) is 2. The number of nitrogens with two attached hydrogens (primary N) is 1. The van der Waals surface area contributed by atoms with E-state index in [2.05, 4.69) is 15.0 Å². The molecule has 0 saturated carbocycles. The van der Waals surface area contributed by atoms with Crippen LogP contribution in [0.2, 0.25) is 0 Å². The SMILES string of the molecule is COC(=O)CCCCCCC(=O)Nc1ccc(N)nc1. The van der Waals surface area contributed by atoms with E-state index in [1.165, 1.54) is 13.3 Å². The van der Waals surface area contributed by atoms with E-state index in [-0.39, 0.29) is 11.9 Å². The second kappa shape index (κ2) is 8.90. The lowest BCUT2D eigenvalue weighted by molar-refractivity contribution is -0.140. The molecule has 1 amide bonds. The molecule has 1 heterocycles. The fourth-order valence-corrected chi connectivity index (χ4v) is 1.71. The first-order valence-corrected chi connectivity index (χ1v) is 6.70. The summed E-state index contributed by atoms with van der Waals surface area (Å²) >= 11 is 0. The zero-order chi connectivity index (χ0) is 14.8. The molecule has 1 rings (SSSR count). The highest BCUT2D eigenvalue weighted by Gasteiger charge is 2.03. The van der Waals surface area contributed by atoms with Crippen LogP contribution in [0, 0.1) is 0 Å². The van der Waals surface area contributed by atoms with Gasteiger partial charge in [0.15, 0.2) is 0 Å². The van der Waals surface area contributed by atoms with Gasteiger partial charge in [-0.1, -0.05) is 12.8 Å². The van der Waals surface area contributed by atoms with Crippen LogP contribution in [0.3, 0.4) is 0 Å². The smallest absolute Gasteiger partial charge is 0.305 e. The average Bonchev–Trinajstić information content (AvgIpc) is 2.44. The molecule has 1 aromatic heterocycles. The van der Waals surface area contributed by atoms with Crippen LogP contribution in [0.4, 0.5) is 11.5 Å². The number of rotatable bonds is 8. The predicted octanol–water partition coefficient (Wildman–Crippen LogP) is 2.12. The molecular formula is C14H21N3O3. The van der Waals surface area contributed by atoms with Crippen LogP contribution in [0.5, 0.6) is 0 Å². The Kier molecular flexibility index (Phi) is 7.10. The first-order valence-electron chi connectivity index (χ1n) is 6.70. The van der Waals surface area contributed by atoms with Crippen LogP contribution in [-0.2, 0) is 14.3 Å². The molecule has 0 unspecified atom stereocenters.